The van der Waals surface area contributed by atoms with Gasteiger partial charge in [0.2, 0.25) is 0 Å². The van der Waals surface area contributed by atoms with Crippen LogP contribution in [-0.4, -0.2) is 15.9 Å². The fourth-order valence-corrected chi connectivity index (χ4v) is 2.36. The van der Waals surface area contributed by atoms with E-state index in [4.69, 9.17) is 23.2 Å². The van der Waals surface area contributed by atoms with Crippen molar-refractivity contribution in [3.8, 4) is 0 Å². The Balaban J connectivity index is 1.97. The third-order valence-electron chi connectivity index (χ3n) is 3.17. The largest absolute Gasteiger partial charge is 0.320 e. The highest BCUT2D eigenvalue weighted by molar-refractivity contribution is 6.41. The Hall–Kier alpha value is -2.17. The van der Waals surface area contributed by atoms with Crippen LogP contribution in [-0.2, 0) is 0 Å². The number of carbonyl (C=O) groups excluding carboxylic acids is 1. The van der Waals surface area contributed by atoms with Gasteiger partial charge in [0.1, 0.15) is 5.15 Å². The molecule has 1 N–H and O–H groups in total. The molecule has 0 aliphatic heterocycles. The number of halogens is 2. The van der Waals surface area contributed by atoms with Gasteiger partial charge in [-0.3, -0.25) is 9.78 Å². The summed E-state index contributed by atoms with van der Waals surface area (Å²) in [4.78, 5) is 20.7. The molecule has 0 fully saturated rings. The van der Waals surface area contributed by atoms with Crippen molar-refractivity contribution in [2.75, 3.05) is 5.32 Å². The molecule has 0 unspecified atom stereocenters. The van der Waals surface area contributed by atoms with Crippen molar-refractivity contribution >= 4 is 45.7 Å². The molecule has 0 bridgehead atoms. The number of pyridine rings is 2. The number of hydrogen-bond donors (Lipinski definition) is 1. The molecule has 0 radical (unpaired) electrons. The van der Waals surface area contributed by atoms with E-state index in [1.165, 1.54) is 12.3 Å². The van der Waals surface area contributed by atoms with Gasteiger partial charge in [-0.2, -0.15) is 0 Å². The van der Waals surface area contributed by atoms with Crippen LogP contribution in [0.3, 0.4) is 0 Å². The number of carbonyl (C=O) groups is 1. The van der Waals surface area contributed by atoms with Crippen LogP contribution in [0.15, 0.2) is 42.6 Å². The number of nitrogens with one attached hydrogen (secondary N) is 1. The van der Waals surface area contributed by atoms with E-state index in [1.807, 2.05) is 31.2 Å². The fraction of sp³-hybridized carbons (Fsp3) is 0.0625. The van der Waals surface area contributed by atoms with E-state index in [2.05, 4.69) is 15.3 Å². The van der Waals surface area contributed by atoms with Crippen LogP contribution in [0.1, 0.15) is 16.1 Å². The number of hydrogen-bond acceptors (Lipinski definition) is 3. The lowest BCUT2D eigenvalue weighted by Crippen LogP contribution is -2.13. The number of amides is 1. The lowest BCUT2D eigenvalue weighted by molar-refractivity contribution is 0.102. The van der Waals surface area contributed by atoms with Gasteiger partial charge < -0.3 is 5.32 Å². The molecule has 0 saturated heterocycles. The van der Waals surface area contributed by atoms with Gasteiger partial charge >= 0.3 is 0 Å². The zero-order chi connectivity index (χ0) is 15.7. The average molecular weight is 332 g/mol. The Morgan fingerprint density at radius 3 is 2.77 bits per heavy atom. The van der Waals surface area contributed by atoms with Crippen molar-refractivity contribution in [1.82, 2.24) is 9.97 Å². The molecule has 1 amide bonds. The summed E-state index contributed by atoms with van der Waals surface area (Å²) in [7, 11) is 0. The van der Waals surface area contributed by atoms with Gasteiger partial charge in [-0.15, -0.1) is 0 Å². The maximum atomic E-state index is 12.3. The molecule has 1 aromatic carbocycles. The van der Waals surface area contributed by atoms with E-state index in [9.17, 15) is 4.79 Å². The van der Waals surface area contributed by atoms with E-state index < -0.39 is 0 Å². The molecule has 110 valence electrons. The van der Waals surface area contributed by atoms with Crippen LogP contribution >= 0.6 is 23.2 Å². The highest BCUT2D eigenvalue weighted by Crippen LogP contribution is 2.24. The second-order valence-electron chi connectivity index (χ2n) is 4.78. The molecule has 22 heavy (non-hydrogen) atoms. The minimum atomic E-state index is -0.318. The topological polar surface area (TPSA) is 54.9 Å². The molecule has 0 aliphatic carbocycles. The lowest BCUT2D eigenvalue weighted by atomic mass is 10.1. The average Bonchev–Trinajstić information content (AvgIpc) is 2.50. The summed E-state index contributed by atoms with van der Waals surface area (Å²) >= 11 is 11.6. The number of aryl methyl sites for hydroxylation is 1. The number of nitrogens with zero attached hydrogens (tertiary/aromatic N) is 2. The van der Waals surface area contributed by atoms with Gasteiger partial charge in [-0.05, 0) is 25.1 Å². The van der Waals surface area contributed by atoms with Crippen LogP contribution < -0.4 is 5.32 Å². The molecule has 3 rings (SSSR count). The number of anilines is 1. The van der Waals surface area contributed by atoms with Crippen LogP contribution in [0.25, 0.3) is 10.9 Å². The summed E-state index contributed by atoms with van der Waals surface area (Å²) in [5.41, 5.74) is 2.59. The quantitative estimate of drug-likeness (QED) is 0.703. The Kier molecular flexibility index (Phi) is 3.96. The molecule has 0 aliphatic rings. The van der Waals surface area contributed by atoms with E-state index in [0.717, 1.165) is 16.6 Å². The number of benzene rings is 1. The van der Waals surface area contributed by atoms with Crippen molar-refractivity contribution in [3.05, 3.63) is 64.0 Å². The van der Waals surface area contributed by atoms with E-state index in [1.54, 1.807) is 6.07 Å². The zero-order valence-corrected chi connectivity index (χ0v) is 13.1. The molecule has 0 atom stereocenters. The van der Waals surface area contributed by atoms with Gasteiger partial charge in [0.15, 0.2) is 0 Å². The minimum Gasteiger partial charge on any atom is -0.320 e. The molecule has 0 spiro atoms. The first-order valence-corrected chi connectivity index (χ1v) is 7.29. The molecular weight excluding hydrogens is 321 g/mol. The van der Waals surface area contributed by atoms with Crippen LogP contribution in [0.5, 0.6) is 0 Å². The van der Waals surface area contributed by atoms with E-state index >= 15 is 0 Å². The Bertz CT molecular complexity index is 880. The van der Waals surface area contributed by atoms with E-state index in [-0.39, 0.29) is 16.1 Å². The SMILES string of the molecule is Cc1ccc2cccc(NC(=O)c3cnc(Cl)c(Cl)c3)c2n1. The van der Waals surface area contributed by atoms with Gasteiger partial charge in [0.05, 0.1) is 21.8 Å². The first-order chi connectivity index (χ1) is 10.5. The minimum absolute atomic E-state index is 0.167. The highest BCUT2D eigenvalue weighted by Gasteiger charge is 2.11. The van der Waals surface area contributed by atoms with Gasteiger partial charge in [0.25, 0.3) is 5.91 Å². The lowest BCUT2D eigenvalue weighted by Gasteiger charge is -2.09. The summed E-state index contributed by atoms with van der Waals surface area (Å²) in [5.74, 6) is -0.318. The van der Waals surface area contributed by atoms with Crippen molar-refractivity contribution in [1.29, 1.82) is 0 Å². The van der Waals surface area contributed by atoms with Crippen molar-refractivity contribution in [2.24, 2.45) is 0 Å². The molecule has 4 nitrogen and oxygen atoms in total. The molecule has 6 heteroatoms. The highest BCUT2D eigenvalue weighted by atomic mass is 35.5. The predicted octanol–water partition coefficient (Wildman–Crippen LogP) is 4.50. The summed E-state index contributed by atoms with van der Waals surface area (Å²) in [5, 5.41) is 4.19. The van der Waals surface area contributed by atoms with Crippen molar-refractivity contribution < 1.29 is 4.79 Å². The summed E-state index contributed by atoms with van der Waals surface area (Å²) in [6.45, 7) is 1.90. The third kappa shape index (κ3) is 2.89. The Morgan fingerprint density at radius 1 is 1.18 bits per heavy atom. The molecule has 2 aromatic heterocycles. The van der Waals surface area contributed by atoms with Crippen molar-refractivity contribution in [3.63, 3.8) is 0 Å². The Labute approximate surface area is 137 Å². The maximum absolute atomic E-state index is 12.3. The Morgan fingerprint density at radius 2 is 2.00 bits per heavy atom. The van der Waals surface area contributed by atoms with Gasteiger partial charge in [-0.25, -0.2) is 4.98 Å². The van der Waals surface area contributed by atoms with Gasteiger partial charge in [0, 0.05) is 17.3 Å². The number of rotatable bonds is 2. The van der Waals surface area contributed by atoms with Crippen molar-refractivity contribution in [2.45, 2.75) is 6.92 Å². The molecule has 2 heterocycles. The standard InChI is InChI=1S/C16H11Cl2N3O/c1-9-5-6-10-3-2-4-13(14(10)20-9)21-16(22)11-7-12(17)15(18)19-8-11/h2-8H,1H3,(H,21,22). The molecule has 3 aromatic rings. The number of fused-ring (bicyclic) bond motifs is 1. The smallest absolute Gasteiger partial charge is 0.257 e. The third-order valence-corrected chi connectivity index (χ3v) is 3.85. The number of para-hydroxylation sites is 1. The summed E-state index contributed by atoms with van der Waals surface area (Å²) in [6.07, 6.45) is 1.38. The second-order valence-corrected chi connectivity index (χ2v) is 5.55. The van der Waals surface area contributed by atoms with E-state index in [0.29, 0.717) is 11.3 Å². The summed E-state index contributed by atoms with van der Waals surface area (Å²) in [6, 6.07) is 11.0. The normalized spacial score (nSPS) is 10.7. The maximum Gasteiger partial charge on any atom is 0.257 e. The van der Waals surface area contributed by atoms with Crippen LogP contribution in [0.4, 0.5) is 5.69 Å². The fourth-order valence-electron chi connectivity index (χ4n) is 2.09. The molecule has 0 saturated carbocycles. The summed E-state index contributed by atoms with van der Waals surface area (Å²) < 4.78 is 0. The van der Waals surface area contributed by atoms with Gasteiger partial charge in [-0.1, -0.05) is 41.4 Å². The predicted molar refractivity (Wildman–Crippen MR) is 88.7 cm³/mol. The first-order valence-electron chi connectivity index (χ1n) is 6.53. The second kappa shape index (κ2) is 5.91. The first kappa shape index (κ1) is 14.8. The zero-order valence-electron chi connectivity index (χ0n) is 11.6. The van der Waals surface area contributed by atoms with Crippen LogP contribution in [0.2, 0.25) is 10.2 Å². The monoisotopic (exact) mass is 331 g/mol. The molecular formula is C16H11Cl2N3O. The van der Waals surface area contributed by atoms with Crippen LogP contribution in [0, 0.1) is 6.92 Å². The number of aromatic nitrogens is 2.